The summed E-state index contributed by atoms with van der Waals surface area (Å²) in [6.45, 7) is 0.712. The number of benzene rings is 4. The van der Waals surface area contributed by atoms with Gasteiger partial charge in [-0.15, -0.1) is 0 Å². The standard InChI is InChI=1S/C50H48ClFN8O9/c1-67-37-13-10-12-35(52)43(37)45-34-23-29(51)15-17-31(34)44-28(25-55-45)26-56-50(59-44)57-30-16-18-32(39(24-30)68-2)46(63)54-22-8-6-4-3-5-7-21-53-41(62)27-69-38-14-9-11-33-42(38)49(66)60(48(33)65)36-19-20-40(61)58-47(36)64/h9-18,23-24,26,36H,3-8,19-22,25,27H2,1-2H3,(H,53,62)(H,54,63)(H,56,57,59)(H,58,61,64). The van der Waals surface area contributed by atoms with E-state index in [0.29, 0.717) is 63.4 Å². The maximum atomic E-state index is 15.3. The maximum absolute atomic E-state index is 15.3. The van der Waals surface area contributed by atoms with Crippen LogP contribution in [0.1, 0.15) is 99.1 Å². The first-order valence-electron chi connectivity index (χ1n) is 22.5. The Morgan fingerprint density at radius 3 is 2.32 bits per heavy atom. The molecule has 19 heteroatoms. The first-order valence-corrected chi connectivity index (χ1v) is 22.8. The molecule has 0 spiro atoms. The predicted molar refractivity (Wildman–Crippen MR) is 253 cm³/mol. The molecule has 1 fully saturated rings. The average molecular weight is 959 g/mol. The van der Waals surface area contributed by atoms with Gasteiger partial charge in [-0.3, -0.25) is 44.0 Å². The van der Waals surface area contributed by atoms with E-state index in [0.717, 1.165) is 49.0 Å². The van der Waals surface area contributed by atoms with Crippen LogP contribution in [0.5, 0.6) is 17.2 Å². The number of amides is 6. The molecule has 17 nitrogen and oxygen atoms in total. The summed E-state index contributed by atoms with van der Waals surface area (Å²) in [5.41, 5.74) is 4.21. The van der Waals surface area contributed by atoms with Gasteiger partial charge < -0.3 is 30.2 Å². The fourth-order valence-electron chi connectivity index (χ4n) is 8.47. The number of fused-ring (bicyclic) bond motifs is 4. The summed E-state index contributed by atoms with van der Waals surface area (Å²) < 4.78 is 32.1. The number of rotatable bonds is 19. The monoisotopic (exact) mass is 958 g/mol. The lowest BCUT2D eigenvalue weighted by atomic mass is 9.94. The fraction of sp³-hybridized carbons (Fsp3) is 0.300. The van der Waals surface area contributed by atoms with E-state index < -0.39 is 41.4 Å². The number of hydrogen-bond acceptors (Lipinski definition) is 13. The van der Waals surface area contributed by atoms with Crippen molar-refractivity contribution in [3.63, 3.8) is 0 Å². The van der Waals surface area contributed by atoms with Crippen molar-refractivity contribution in [3.8, 4) is 28.5 Å². The Kier molecular flexibility index (Phi) is 14.9. The topological polar surface area (TPSA) is 220 Å². The van der Waals surface area contributed by atoms with Crippen LogP contribution in [-0.2, 0) is 20.9 Å². The smallest absolute Gasteiger partial charge is 0.266 e. The van der Waals surface area contributed by atoms with Gasteiger partial charge in [0.1, 0.15) is 29.1 Å². The van der Waals surface area contributed by atoms with E-state index in [-0.39, 0.29) is 60.3 Å². The van der Waals surface area contributed by atoms with Gasteiger partial charge in [0.05, 0.1) is 54.4 Å². The number of aliphatic imine (C=N–C) groups is 1. The molecular weight excluding hydrogens is 911 g/mol. The predicted octanol–water partition coefficient (Wildman–Crippen LogP) is 6.71. The van der Waals surface area contributed by atoms with Gasteiger partial charge in [-0.05, 0) is 67.8 Å². The zero-order valence-electron chi connectivity index (χ0n) is 37.8. The van der Waals surface area contributed by atoms with Gasteiger partial charge >= 0.3 is 0 Å². The summed E-state index contributed by atoms with van der Waals surface area (Å²) in [4.78, 5) is 91.0. The van der Waals surface area contributed by atoms with Crippen LogP contribution in [0.3, 0.4) is 0 Å². The third-order valence-electron chi connectivity index (χ3n) is 11.9. The molecule has 4 aromatic carbocycles. The number of carbonyl (C=O) groups is 6. The maximum Gasteiger partial charge on any atom is 0.266 e. The number of ether oxygens (including phenoxy) is 3. The highest BCUT2D eigenvalue weighted by molar-refractivity contribution is 6.32. The largest absolute Gasteiger partial charge is 0.496 e. The first-order chi connectivity index (χ1) is 33.4. The number of halogens is 2. The molecule has 0 radical (unpaired) electrons. The van der Waals surface area contributed by atoms with E-state index in [1.54, 1.807) is 48.7 Å². The second kappa shape index (κ2) is 21.5. The van der Waals surface area contributed by atoms with Crippen molar-refractivity contribution in [1.29, 1.82) is 0 Å². The fourth-order valence-corrected chi connectivity index (χ4v) is 8.64. The molecule has 6 amide bonds. The Balaban J connectivity index is 0.753. The van der Waals surface area contributed by atoms with Gasteiger partial charge in [-0.25, -0.2) is 14.4 Å². The van der Waals surface area contributed by atoms with E-state index in [4.69, 9.17) is 35.8 Å². The van der Waals surface area contributed by atoms with E-state index in [2.05, 4.69) is 26.3 Å². The van der Waals surface area contributed by atoms with Crippen LogP contribution in [0, 0.1) is 5.82 Å². The van der Waals surface area contributed by atoms with E-state index in [1.165, 1.54) is 38.5 Å². The van der Waals surface area contributed by atoms with Crippen LogP contribution < -0.4 is 35.5 Å². The minimum Gasteiger partial charge on any atom is -0.496 e. The normalized spacial score (nSPS) is 15.0. The number of methoxy groups -OCH3 is 2. The molecule has 69 heavy (non-hydrogen) atoms. The number of nitrogens with zero attached hydrogens (tertiary/aromatic N) is 4. The van der Waals surface area contributed by atoms with Crippen LogP contribution in [0.2, 0.25) is 5.02 Å². The lowest BCUT2D eigenvalue weighted by Crippen LogP contribution is -2.54. The van der Waals surface area contributed by atoms with Crippen molar-refractivity contribution >= 4 is 64.4 Å². The zero-order chi connectivity index (χ0) is 48.6. The molecule has 0 aliphatic carbocycles. The molecule has 3 aliphatic heterocycles. The number of hydrogen-bond donors (Lipinski definition) is 4. The molecule has 4 heterocycles. The number of piperidine rings is 1. The summed E-state index contributed by atoms with van der Waals surface area (Å²) in [6.07, 6.45) is 6.87. The third-order valence-corrected chi connectivity index (χ3v) is 12.1. The second-order valence-corrected chi connectivity index (χ2v) is 16.9. The molecule has 1 aromatic heterocycles. The van der Waals surface area contributed by atoms with Crippen LogP contribution >= 0.6 is 11.6 Å². The summed E-state index contributed by atoms with van der Waals surface area (Å²) in [7, 11) is 2.97. The highest BCUT2D eigenvalue weighted by atomic mass is 35.5. The summed E-state index contributed by atoms with van der Waals surface area (Å²) in [6, 6.07) is 18.4. The summed E-state index contributed by atoms with van der Waals surface area (Å²) in [5.74, 6) is -2.66. The minimum absolute atomic E-state index is 0.00545. The molecule has 5 aromatic rings. The highest BCUT2D eigenvalue weighted by Gasteiger charge is 2.46. The quantitative estimate of drug-likeness (QED) is 0.0501. The van der Waals surface area contributed by atoms with Crippen LogP contribution in [0.4, 0.5) is 16.0 Å². The van der Waals surface area contributed by atoms with Gasteiger partial charge in [0, 0.05) is 59.2 Å². The van der Waals surface area contributed by atoms with Gasteiger partial charge in [-0.2, -0.15) is 0 Å². The van der Waals surface area contributed by atoms with Crippen LogP contribution in [0.25, 0.3) is 11.3 Å². The Morgan fingerprint density at radius 2 is 1.55 bits per heavy atom. The molecule has 0 bridgehead atoms. The molecule has 4 N–H and O–H groups in total. The first kappa shape index (κ1) is 47.8. The van der Waals surface area contributed by atoms with Crippen molar-refractivity contribution in [2.24, 2.45) is 4.99 Å². The molecule has 1 saturated heterocycles. The lowest BCUT2D eigenvalue weighted by molar-refractivity contribution is -0.136. The molecule has 1 unspecified atom stereocenters. The molecular formula is C50H48ClFN8O9. The highest BCUT2D eigenvalue weighted by Crippen LogP contribution is 2.37. The van der Waals surface area contributed by atoms with E-state index in [1.807, 2.05) is 6.07 Å². The Bertz CT molecular complexity index is 2890. The van der Waals surface area contributed by atoms with Crippen LogP contribution in [-0.4, -0.2) is 96.0 Å². The zero-order valence-corrected chi connectivity index (χ0v) is 38.5. The Hall–Kier alpha value is -7.73. The number of anilines is 2. The van der Waals surface area contributed by atoms with Crippen molar-refractivity contribution in [2.75, 3.05) is 39.2 Å². The van der Waals surface area contributed by atoms with E-state index in [9.17, 15) is 28.8 Å². The SMILES string of the molecule is COc1cc(Nc2ncc3c(n2)-c2ccc(Cl)cc2C(c2c(F)cccc2OC)=NC3)ccc1C(=O)NCCCCCCCCNC(=O)COc1cccc2c1C(=O)N(C1CCC(=O)NC1=O)C2=O. The number of imide groups is 2. The van der Waals surface area contributed by atoms with Crippen molar-refractivity contribution < 1.29 is 47.4 Å². The van der Waals surface area contributed by atoms with Gasteiger partial charge in [0.25, 0.3) is 23.6 Å². The van der Waals surface area contributed by atoms with Crippen molar-refractivity contribution in [2.45, 2.75) is 64.0 Å². The molecule has 8 rings (SSSR count). The van der Waals surface area contributed by atoms with E-state index >= 15 is 4.39 Å². The average Bonchev–Trinajstić information content (AvgIpc) is 3.49. The minimum atomic E-state index is -1.11. The molecule has 356 valence electrons. The number of carbonyl (C=O) groups excluding carboxylic acids is 6. The number of nitrogens with one attached hydrogen (secondary N) is 4. The lowest BCUT2D eigenvalue weighted by Gasteiger charge is -2.27. The third kappa shape index (κ3) is 10.6. The molecule has 1 atom stereocenters. The molecule has 0 saturated carbocycles. The van der Waals surface area contributed by atoms with Crippen molar-refractivity contribution in [3.05, 3.63) is 123 Å². The van der Waals surface area contributed by atoms with Crippen LogP contribution in [0.15, 0.2) is 84.0 Å². The number of aromatic nitrogens is 2. The summed E-state index contributed by atoms with van der Waals surface area (Å²) in [5, 5.41) is 11.6. The Morgan fingerprint density at radius 1 is 0.812 bits per heavy atom. The van der Waals surface area contributed by atoms with Gasteiger partial charge in [0.2, 0.25) is 17.8 Å². The van der Waals surface area contributed by atoms with Gasteiger partial charge in [-0.1, -0.05) is 55.5 Å². The van der Waals surface area contributed by atoms with Crippen molar-refractivity contribution in [1.82, 2.24) is 30.8 Å². The molecule has 3 aliphatic rings. The van der Waals surface area contributed by atoms with Gasteiger partial charge in [0.15, 0.2) is 6.61 Å². The number of unbranched alkanes of at least 4 members (excludes halogenated alkanes) is 5. The second-order valence-electron chi connectivity index (χ2n) is 16.4. The summed E-state index contributed by atoms with van der Waals surface area (Å²) >= 11 is 6.45. The Labute approximate surface area is 401 Å².